The van der Waals surface area contributed by atoms with E-state index in [4.69, 9.17) is 4.74 Å². The molecule has 0 atom stereocenters. The lowest BCUT2D eigenvalue weighted by Gasteiger charge is -2.05. The van der Waals surface area contributed by atoms with E-state index in [0.717, 1.165) is 16.9 Å². The van der Waals surface area contributed by atoms with E-state index < -0.39 is 0 Å². The first-order valence-electron chi connectivity index (χ1n) is 7.35. The quantitative estimate of drug-likeness (QED) is 0.655. The van der Waals surface area contributed by atoms with Crippen molar-refractivity contribution in [1.29, 1.82) is 0 Å². The monoisotopic (exact) mass is 325 g/mol. The molecule has 2 amide bonds. The second kappa shape index (κ2) is 7.92. The molecule has 0 aliphatic rings. The molecular weight excluding hydrogens is 306 g/mol. The summed E-state index contributed by atoms with van der Waals surface area (Å²) in [6.07, 6.45) is 1.57. The van der Waals surface area contributed by atoms with Crippen LogP contribution in [0.2, 0.25) is 0 Å². The summed E-state index contributed by atoms with van der Waals surface area (Å²) in [5.74, 6) is 0.216. The molecule has 2 N–H and O–H groups in total. The maximum Gasteiger partial charge on any atom is 0.271 e. The van der Waals surface area contributed by atoms with Gasteiger partial charge in [0.15, 0.2) is 0 Å². The number of carbonyl (C=O) groups is 2. The molecule has 0 saturated heterocycles. The van der Waals surface area contributed by atoms with E-state index in [-0.39, 0.29) is 11.8 Å². The van der Waals surface area contributed by atoms with Crippen molar-refractivity contribution < 1.29 is 14.3 Å². The molecule has 24 heavy (non-hydrogen) atoms. The lowest BCUT2D eigenvalue weighted by Crippen LogP contribution is -2.18. The van der Waals surface area contributed by atoms with Gasteiger partial charge in [0.1, 0.15) is 5.75 Å². The number of ether oxygens (including phenoxy) is 1. The van der Waals surface area contributed by atoms with Crippen LogP contribution in [-0.4, -0.2) is 25.1 Å². The topological polar surface area (TPSA) is 79.8 Å². The molecule has 0 aliphatic carbocycles. The van der Waals surface area contributed by atoms with Gasteiger partial charge in [-0.05, 0) is 54.4 Å². The predicted octanol–water partition coefficient (Wildman–Crippen LogP) is 2.73. The first-order valence-corrected chi connectivity index (χ1v) is 7.35. The van der Waals surface area contributed by atoms with Gasteiger partial charge in [0.25, 0.3) is 5.91 Å². The van der Waals surface area contributed by atoms with Crippen LogP contribution in [0.4, 0.5) is 5.69 Å². The Bertz CT molecular complexity index is 785. The van der Waals surface area contributed by atoms with Crippen LogP contribution in [-0.2, 0) is 4.79 Å². The summed E-state index contributed by atoms with van der Waals surface area (Å²) in [6, 6.07) is 12.2. The van der Waals surface area contributed by atoms with Crippen LogP contribution >= 0.6 is 0 Å². The number of aryl methyl sites for hydroxylation is 1. The van der Waals surface area contributed by atoms with Crippen LogP contribution in [0.15, 0.2) is 47.6 Å². The first-order chi connectivity index (χ1) is 11.5. The third-order valence-corrected chi connectivity index (χ3v) is 3.29. The number of methoxy groups -OCH3 is 1. The van der Waals surface area contributed by atoms with Crippen molar-refractivity contribution in [2.45, 2.75) is 13.8 Å². The largest absolute Gasteiger partial charge is 0.497 e. The van der Waals surface area contributed by atoms with Crippen LogP contribution in [0.1, 0.15) is 28.4 Å². The molecule has 0 heterocycles. The van der Waals surface area contributed by atoms with E-state index >= 15 is 0 Å². The summed E-state index contributed by atoms with van der Waals surface area (Å²) in [6.45, 7) is 3.34. The number of amides is 2. The summed E-state index contributed by atoms with van der Waals surface area (Å²) in [4.78, 5) is 23.2. The molecule has 6 heteroatoms. The Morgan fingerprint density at radius 2 is 1.96 bits per heavy atom. The third kappa shape index (κ3) is 4.67. The Kier molecular flexibility index (Phi) is 5.68. The molecule has 2 aromatic carbocycles. The van der Waals surface area contributed by atoms with Crippen LogP contribution < -0.4 is 15.5 Å². The van der Waals surface area contributed by atoms with Crippen LogP contribution in [0, 0.1) is 6.92 Å². The molecule has 124 valence electrons. The van der Waals surface area contributed by atoms with E-state index in [2.05, 4.69) is 15.8 Å². The number of carbonyl (C=O) groups excluding carboxylic acids is 2. The average Bonchev–Trinajstić information content (AvgIpc) is 2.55. The van der Waals surface area contributed by atoms with Crippen molar-refractivity contribution >= 4 is 23.7 Å². The fourth-order valence-electron chi connectivity index (χ4n) is 2.09. The number of nitrogens with one attached hydrogen (secondary N) is 2. The molecule has 2 rings (SSSR count). The SMILES string of the molecule is COc1ccc(C=NNC(=O)c2cccc(NC(C)=O)c2)c(C)c1. The van der Waals surface area contributed by atoms with Gasteiger partial charge in [0.2, 0.25) is 5.91 Å². The molecule has 0 aromatic heterocycles. The second-order valence-corrected chi connectivity index (χ2v) is 5.18. The minimum absolute atomic E-state index is 0.194. The average molecular weight is 325 g/mol. The minimum atomic E-state index is -0.357. The first kappa shape index (κ1) is 17.2. The Hall–Kier alpha value is -3.15. The standard InChI is InChI=1S/C18H19N3O3/c1-12-9-17(24-3)8-7-15(12)11-19-21-18(23)14-5-4-6-16(10-14)20-13(2)22/h4-11H,1-3H3,(H,20,22)(H,21,23). The molecule has 0 saturated carbocycles. The maximum atomic E-state index is 12.1. The van der Waals surface area contributed by atoms with Gasteiger partial charge < -0.3 is 10.1 Å². The van der Waals surface area contributed by atoms with Gasteiger partial charge in [-0.1, -0.05) is 6.07 Å². The molecule has 0 bridgehead atoms. The Labute approximate surface area is 140 Å². The molecule has 0 spiro atoms. The van der Waals surface area contributed by atoms with E-state index in [1.165, 1.54) is 6.92 Å². The molecule has 0 radical (unpaired) electrons. The van der Waals surface area contributed by atoms with E-state index in [1.54, 1.807) is 37.6 Å². The molecule has 0 aliphatic heterocycles. The number of benzene rings is 2. The fourth-order valence-corrected chi connectivity index (χ4v) is 2.09. The van der Waals surface area contributed by atoms with Crippen molar-refractivity contribution in [2.75, 3.05) is 12.4 Å². The lowest BCUT2D eigenvalue weighted by atomic mass is 10.1. The van der Waals surface area contributed by atoms with Gasteiger partial charge in [-0.3, -0.25) is 9.59 Å². The maximum absolute atomic E-state index is 12.1. The fraction of sp³-hybridized carbons (Fsp3) is 0.167. The summed E-state index contributed by atoms with van der Waals surface area (Å²) in [5, 5.41) is 6.60. The number of hydrogen-bond donors (Lipinski definition) is 2. The number of hydrogen-bond acceptors (Lipinski definition) is 4. The highest BCUT2D eigenvalue weighted by Gasteiger charge is 2.06. The molecule has 2 aromatic rings. The molecule has 6 nitrogen and oxygen atoms in total. The van der Waals surface area contributed by atoms with Crippen LogP contribution in [0.25, 0.3) is 0 Å². The van der Waals surface area contributed by atoms with Crippen molar-refractivity contribution in [3.63, 3.8) is 0 Å². The normalized spacial score (nSPS) is 10.5. The van der Waals surface area contributed by atoms with Gasteiger partial charge in [-0.2, -0.15) is 5.10 Å². The minimum Gasteiger partial charge on any atom is -0.497 e. The Balaban J connectivity index is 2.03. The highest BCUT2D eigenvalue weighted by Crippen LogP contribution is 2.15. The third-order valence-electron chi connectivity index (χ3n) is 3.29. The van der Waals surface area contributed by atoms with Gasteiger partial charge in [0, 0.05) is 18.2 Å². The van der Waals surface area contributed by atoms with Gasteiger partial charge >= 0.3 is 0 Å². The van der Waals surface area contributed by atoms with E-state index in [1.807, 2.05) is 25.1 Å². The van der Waals surface area contributed by atoms with Crippen LogP contribution in [0.5, 0.6) is 5.75 Å². The van der Waals surface area contributed by atoms with Gasteiger partial charge in [-0.25, -0.2) is 5.43 Å². The summed E-state index contributed by atoms with van der Waals surface area (Å²) in [5.41, 5.74) is 5.30. The number of anilines is 1. The van der Waals surface area contributed by atoms with Crippen molar-refractivity contribution in [3.8, 4) is 5.75 Å². The number of nitrogens with zero attached hydrogens (tertiary/aromatic N) is 1. The molecular formula is C18H19N3O3. The highest BCUT2D eigenvalue weighted by molar-refractivity contribution is 5.97. The van der Waals surface area contributed by atoms with Gasteiger partial charge in [-0.15, -0.1) is 0 Å². The molecule has 0 fully saturated rings. The number of hydrazone groups is 1. The smallest absolute Gasteiger partial charge is 0.271 e. The highest BCUT2D eigenvalue weighted by atomic mass is 16.5. The Morgan fingerprint density at radius 3 is 2.62 bits per heavy atom. The zero-order chi connectivity index (χ0) is 17.5. The lowest BCUT2D eigenvalue weighted by molar-refractivity contribution is -0.114. The predicted molar refractivity (Wildman–Crippen MR) is 93.5 cm³/mol. The summed E-state index contributed by atoms with van der Waals surface area (Å²) in [7, 11) is 1.61. The van der Waals surface area contributed by atoms with Crippen molar-refractivity contribution in [2.24, 2.45) is 5.10 Å². The summed E-state index contributed by atoms with van der Waals surface area (Å²) >= 11 is 0. The van der Waals surface area contributed by atoms with Crippen molar-refractivity contribution in [1.82, 2.24) is 5.43 Å². The zero-order valence-corrected chi connectivity index (χ0v) is 13.8. The molecule has 0 unspecified atom stereocenters. The zero-order valence-electron chi connectivity index (χ0n) is 13.8. The van der Waals surface area contributed by atoms with E-state index in [9.17, 15) is 9.59 Å². The van der Waals surface area contributed by atoms with Crippen molar-refractivity contribution in [3.05, 3.63) is 59.2 Å². The number of rotatable bonds is 5. The second-order valence-electron chi connectivity index (χ2n) is 5.18. The summed E-state index contributed by atoms with van der Waals surface area (Å²) < 4.78 is 5.14. The van der Waals surface area contributed by atoms with E-state index in [0.29, 0.717) is 11.3 Å². The Morgan fingerprint density at radius 1 is 1.17 bits per heavy atom. The van der Waals surface area contributed by atoms with Crippen LogP contribution in [0.3, 0.4) is 0 Å². The van der Waals surface area contributed by atoms with Gasteiger partial charge in [0.05, 0.1) is 13.3 Å².